The van der Waals surface area contributed by atoms with Crippen LogP contribution in [-0.4, -0.2) is 44.3 Å². The number of benzene rings is 1. The molecule has 2 fully saturated rings. The first kappa shape index (κ1) is 20.9. The smallest absolute Gasteiger partial charge is 0.261 e. The normalized spacial score (nSPS) is 23.7. The summed E-state index contributed by atoms with van der Waals surface area (Å²) in [6.07, 6.45) is 9.45. The van der Waals surface area contributed by atoms with Crippen molar-refractivity contribution in [2.24, 2.45) is 11.8 Å². The summed E-state index contributed by atoms with van der Waals surface area (Å²) in [5.41, 5.74) is 3.84. The van der Waals surface area contributed by atoms with Gasteiger partial charge in [0.25, 0.3) is 5.56 Å². The van der Waals surface area contributed by atoms with Gasteiger partial charge in [-0.2, -0.15) is 0 Å². The van der Waals surface area contributed by atoms with Crippen LogP contribution in [0.2, 0.25) is 0 Å². The molecule has 0 unspecified atom stereocenters. The second kappa shape index (κ2) is 8.25. The Morgan fingerprint density at radius 3 is 2.97 bits per heavy atom. The molecule has 0 spiro atoms. The summed E-state index contributed by atoms with van der Waals surface area (Å²) in [7, 11) is 0. The number of rotatable bonds is 4. The van der Waals surface area contributed by atoms with E-state index in [-0.39, 0.29) is 18.1 Å². The van der Waals surface area contributed by atoms with Gasteiger partial charge in [0.1, 0.15) is 10.4 Å². The van der Waals surface area contributed by atoms with E-state index in [9.17, 15) is 9.90 Å². The number of hydrogen-bond acceptors (Lipinski definition) is 6. The highest BCUT2D eigenvalue weighted by atomic mass is 32.1. The molecular weight excluding hydrogens is 434 g/mol. The third-order valence-electron chi connectivity index (χ3n) is 7.45. The minimum atomic E-state index is -0.110. The van der Waals surface area contributed by atoms with Crippen molar-refractivity contribution < 1.29 is 5.11 Å². The topological polar surface area (TPSA) is 87.0 Å². The van der Waals surface area contributed by atoms with Gasteiger partial charge in [0.2, 0.25) is 0 Å². The predicted octanol–water partition coefficient (Wildman–Crippen LogP) is 4.57. The molecule has 1 saturated carbocycles. The molecule has 3 aromatic heterocycles. The second-order valence-electron chi connectivity index (χ2n) is 9.76. The number of aliphatic hydroxyl groups excluding tert-OH is 1. The average molecular weight is 464 g/mol. The third-order valence-corrected chi connectivity index (χ3v) is 8.74. The summed E-state index contributed by atoms with van der Waals surface area (Å²) >= 11 is 1.62. The summed E-state index contributed by atoms with van der Waals surface area (Å²) in [6.45, 7) is 4.14. The Morgan fingerprint density at radius 2 is 2.15 bits per heavy atom. The van der Waals surface area contributed by atoms with Crippen molar-refractivity contribution in [2.75, 3.05) is 24.6 Å². The molecule has 0 bridgehead atoms. The summed E-state index contributed by atoms with van der Waals surface area (Å²) in [5, 5.41) is 11.2. The predicted molar refractivity (Wildman–Crippen MR) is 133 cm³/mol. The fourth-order valence-corrected chi connectivity index (χ4v) is 6.95. The van der Waals surface area contributed by atoms with Crippen LogP contribution in [0.4, 0.5) is 5.00 Å². The maximum absolute atomic E-state index is 12.8. The lowest BCUT2D eigenvalue weighted by atomic mass is 9.87. The molecule has 2 aliphatic rings. The number of nitrogens with one attached hydrogen (secondary N) is 1. The molecule has 6 rings (SSSR count). The number of thiophene rings is 1. The lowest BCUT2D eigenvalue weighted by molar-refractivity contribution is 0.239. The van der Waals surface area contributed by atoms with Gasteiger partial charge in [0.15, 0.2) is 0 Å². The van der Waals surface area contributed by atoms with Crippen LogP contribution in [0.3, 0.4) is 0 Å². The number of aliphatic hydroxyl groups is 1. The standard InChI is InChI=1S/C25H29N5O2S/c1-15-3-2-4-18(9-15)30-14-28-19-10-17(5-6-20(19)30)23-22-21(24(32)27-13-26-22)25(33-23)29-8-7-16(11-29)12-31/h5-6,10,13-16,18,31H,2-4,7-9,11-12H2,1H3,(H,26,27,32)/t15-,16-,18-/m0/s1. The molecule has 172 valence electrons. The molecular formula is C25H29N5O2S. The van der Waals surface area contributed by atoms with Crippen molar-refractivity contribution in [3.05, 3.63) is 41.2 Å². The number of nitrogens with zero attached hydrogens (tertiary/aromatic N) is 4. The van der Waals surface area contributed by atoms with Crippen LogP contribution in [0.5, 0.6) is 0 Å². The highest BCUT2D eigenvalue weighted by molar-refractivity contribution is 7.21. The van der Waals surface area contributed by atoms with Gasteiger partial charge in [-0.15, -0.1) is 11.3 Å². The first-order valence-corrected chi connectivity index (χ1v) is 12.8. The zero-order valence-corrected chi connectivity index (χ0v) is 19.6. The molecule has 3 atom stereocenters. The van der Waals surface area contributed by atoms with Crippen LogP contribution in [0.15, 0.2) is 35.6 Å². The summed E-state index contributed by atoms with van der Waals surface area (Å²) < 4.78 is 2.36. The maximum Gasteiger partial charge on any atom is 0.261 e. The number of anilines is 1. The van der Waals surface area contributed by atoms with Crippen LogP contribution in [0, 0.1) is 11.8 Å². The van der Waals surface area contributed by atoms with E-state index < -0.39 is 0 Å². The molecule has 8 heteroatoms. The van der Waals surface area contributed by atoms with Gasteiger partial charge in [-0.25, -0.2) is 9.97 Å². The zero-order chi connectivity index (χ0) is 22.5. The Kier molecular flexibility index (Phi) is 5.22. The first-order chi connectivity index (χ1) is 16.1. The van der Waals surface area contributed by atoms with E-state index in [0.29, 0.717) is 11.4 Å². The minimum Gasteiger partial charge on any atom is -0.396 e. The summed E-state index contributed by atoms with van der Waals surface area (Å²) in [5.74, 6) is 1.01. The molecule has 4 aromatic rings. The third kappa shape index (κ3) is 3.56. The van der Waals surface area contributed by atoms with Crippen LogP contribution >= 0.6 is 11.3 Å². The lowest BCUT2D eigenvalue weighted by Crippen LogP contribution is -2.21. The summed E-state index contributed by atoms with van der Waals surface area (Å²) in [4.78, 5) is 28.1. The van der Waals surface area contributed by atoms with E-state index in [1.165, 1.54) is 37.5 Å². The van der Waals surface area contributed by atoms with Gasteiger partial charge >= 0.3 is 0 Å². The van der Waals surface area contributed by atoms with Crippen LogP contribution in [-0.2, 0) is 0 Å². The van der Waals surface area contributed by atoms with E-state index in [1.54, 1.807) is 11.3 Å². The van der Waals surface area contributed by atoms with E-state index >= 15 is 0 Å². The van der Waals surface area contributed by atoms with E-state index in [0.717, 1.165) is 51.9 Å². The number of imidazole rings is 1. The minimum absolute atomic E-state index is 0.110. The largest absolute Gasteiger partial charge is 0.396 e. The molecule has 1 saturated heterocycles. The number of H-pyrrole nitrogens is 1. The maximum atomic E-state index is 12.8. The Morgan fingerprint density at radius 1 is 1.24 bits per heavy atom. The van der Waals surface area contributed by atoms with E-state index in [2.05, 4.69) is 44.6 Å². The van der Waals surface area contributed by atoms with Crippen LogP contribution in [0.25, 0.3) is 32.4 Å². The molecule has 33 heavy (non-hydrogen) atoms. The highest BCUT2D eigenvalue weighted by Gasteiger charge is 2.28. The first-order valence-electron chi connectivity index (χ1n) is 12.0. The fraction of sp³-hybridized carbons (Fsp3) is 0.480. The second-order valence-corrected chi connectivity index (χ2v) is 10.8. The molecule has 7 nitrogen and oxygen atoms in total. The van der Waals surface area contributed by atoms with E-state index in [4.69, 9.17) is 4.98 Å². The lowest BCUT2D eigenvalue weighted by Gasteiger charge is -2.28. The van der Waals surface area contributed by atoms with Crippen molar-refractivity contribution in [1.82, 2.24) is 19.5 Å². The Hall–Kier alpha value is -2.71. The molecule has 4 heterocycles. The van der Waals surface area contributed by atoms with Crippen LogP contribution < -0.4 is 10.5 Å². The van der Waals surface area contributed by atoms with Gasteiger partial charge in [-0.3, -0.25) is 4.79 Å². The Labute approximate surface area is 196 Å². The molecule has 2 N–H and O–H groups in total. The van der Waals surface area contributed by atoms with Gasteiger partial charge in [-0.1, -0.05) is 25.8 Å². The average Bonchev–Trinajstić information content (AvgIpc) is 3.55. The Balaban J connectivity index is 1.42. The number of aromatic nitrogens is 4. The van der Waals surface area contributed by atoms with Crippen molar-refractivity contribution in [2.45, 2.75) is 45.1 Å². The fourth-order valence-electron chi connectivity index (χ4n) is 5.67. The van der Waals surface area contributed by atoms with Gasteiger partial charge in [-0.05, 0) is 42.9 Å². The van der Waals surface area contributed by atoms with Crippen molar-refractivity contribution in [3.8, 4) is 10.4 Å². The van der Waals surface area contributed by atoms with Crippen molar-refractivity contribution in [3.63, 3.8) is 0 Å². The summed E-state index contributed by atoms with van der Waals surface area (Å²) in [6, 6.07) is 6.97. The van der Waals surface area contributed by atoms with Crippen molar-refractivity contribution in [1.29, 1.82) is 0 Å². The molecule has 0 radical (unpaired) electrons. The molecule has 1 aliphatic heterocycles. The monoisotopic (exact) mass is 463 g/mol. The molecule has 0 amide bonds. The van der Waals surface area contributed by atoms with Crippen LogP contribution in [0.1, 0.15) is 45.1 Å². The van der Waals surface area contributed by atoms with E-state index in [1.807, 2.05) is 6.33 Å². The number of hydrogen-bond donors (Lipinski definition) is 2. The number of fused-ring (bicyclic) bond motifs is 2. The molecule has 1 aromatic carbocycles. The van der Waals surface area contributed by atoms with Crippen molar-refractivity contribution >= 4 is 38.3 Å². The quantitative estimate of drug-likeness (QED) is 0.463. The SMILES string of the molecule is C[C@H]1CCC[C@H](n2cnc3cc(-c4sc(N5CC[C@H](CO)C5)c5c(=O)[nH]cnc45)ccc32)C1. The van der Waals surface area contributed by atoms with Gasteiger partial charge in [0, 0.05) is 31.7 Å². The van der Waals surface area contributed by atoms with Gasteiger partial charge in [0.05, 0.1) is 34.1 Å². The highest BCUT2D eigenvalue weighted by Crippen LogP contribution is 2.43. The number of aromatic amines is 1. The Bertz CT molecular complexity index is 1370. The van der Waals surface area contributed by atoms with Gasteiger partial charge < -0.3 is 19.6 Å². The zero-order valence-electron chi connectivity index (χ0n) is 18.8. The molecule has 1 aliphatic carbocycles.